The molecule has 2 aromatic carbocycles. The van der Waals surface area contributed by atoms with E-state index in [-0.39, 0.29) is 24.8 Å². The lowest BCUT2D eigenvalue weighted by molar-refractivity contribution is 0.288. The number of benzene rings is 2. The molecule has 0 aliphatic carbocycles. The second kappa shape index (κ2) is 9.79. The van der Waals surface area contributed by atoms with Crippen LogP contribution in [-0.4, -0.2) is 18.3 Å². The van der Waals surface area contributed by atoms with E-state index in [0.29, 0.717) is 19.7 Å². The van der Waals surface area contributed by atoms with E-state index in [1.165, 1.54) is 12.1 Å². The average Bonchev–Trinajstić information content (AvgIpc) is 2.48. The largest absolute Gasteiger partial charge is 0.489 e. The fourth-order valence-electron chi connectivity index (χ4n) is 1.87. The molecular formula is C16H18BrClFNO2. The summed E-state index contributed by atoms with van der Waals surface area (Å²) in [5.74, 6) is 0.518. The number of nitrogens with one attached hydrogen (secondary N) is 1. The number of ether oxygens (including phenoxy) is 1. The van der Waals surface area contributed by atoms with E-state index in [9.17, 15) is 4.39 Å². The van der Waals surface area contributed by atoms with Crippen LogP contribution < -0.4 is 10.1 Å². The van der Waals surface area contributed by atoms with E-state index in [1.807, 2.05) is 18.2 Å². The molecule has 0 amide bonds. The van der Waals surface area contributed by atoms with E-state index in [4.69, 9.17) is 9.84 Å². The van der Waals surface area contributed by atoms with E-state index in [1.54, 1.807) is 12.1 Å². The van der Waals surface area contributed by atoms with Crippen molar-refractivity contribution in [2.75, 3.05) is 13.2 Å². The Bertz CT molecular complexity index is 581. The van der Waals surface area contributed by atoms with Gasteiger partial charge in [0.15, 0.2) is 0 Å². The Balaban J connectivity index is 0.00000242. The Kier molecular flexibility index (Phi) is 8.42. The highest BCUT2D eigenvalue weighted by Crippen LogP contribution is 2.24. The third kappa shape index (κ3) is 5.93. The van der Waals surface area contributed by atoms with Crippen molar-refractivity contribution >= 4 is 28.3 Å². The first-order chi connectivity index (χ1) is 10.2. The molecule has 0 radical (unpaired) electrons. The smallest absolute Gasteiger partial charge is 0.124 e. The van der Waals surface area contributed by atoms with Crippen LogP contribution in [0.4, 0.5) is 4.39 Å². The number of hydrogen-bond acceptors (Lipinski definition) is 3. The lowest BCUT2D eigenvalue weighted by Gasteiger charge is -2.13. The van der Waals surface area contributed by atoms with Crippen molar-refractivity contribution in [2.24, 2.45) is 0 Å². The van der Waals surface area contributed by atoms with E-state index in [2.05, 4.69) is 21.2 Å². The van der Waals surface area contributed by atoms with Crippen LogP contribution >= 0.6 is 28.3 Å². The summed E-state index contributed by atoms with van der Waals surface area (Å²) in [5, 5.41) is 11.9. The van der Waals surface area contributed by atoms with Crippen molar-refractivity contribution < 1.29 is 14.2 Å². The van der Waals surface area contributed by atoms with Crippen molar-refractivity contribution in [2.45, 2.75) is 13.2 Å². The molecule has 0 fully saturated rings. The molecule has 0 bridgehead atoms. The van der Waals surface area contributed by atoms with E-state index in [0.717, 1.165) is 21.3 Å². The van der Waals surface area contributed by atoms with Gasteiger partial charge in [0.05, 0.1) is 6.61 Å². The SMILES string of the molecule is Cl.OCCNCc1cc(Br)ccc1OCc1ccc(F)cc1. The highest BCUT2D eigenvalue weighted by molar-refractivity contribution is 9.10. The highest BCUT2D eigenvalue weighted by atomic mass is 79.9. The van der Waals surface area contributed by atoms with Crippen molar-refractivity contribution in [1.29, 1.82) is 0 Å². The monoisotopic (exact) mass is 389 g/mol. The molecule has 2 rings (SSSR count). The third-order valence-corrected chi connectivity index (χ3v) is 3.43. The van der Waals surface area contributed by atoms with Crippen molar-refractivity contribution in [3.8, 4) is 5.75 Å². The predicted molar refractivity (Wildman–Crippen MR) is 90.9 cm³/mol. The predicted octanol–water partition coefficient (Wildman–Crippen LogP) is 3.67. The van der Waals surface area contributed by atoms with Crippen LogP contribution in [0.1, 0.15) is 11.1 Å². The topological polar surface area (TPSA) is 41.5 Å². The molecule has 2 aromatic rings. The molecule has 3 nitrogen and oxygen atoms in total. The van der Waals surface area contributed by atoms with Gasteiger partial charge in [-0.15, -0.1) is 12.4 Å². The Labute approximate surface area is 144 Å². The van der Waals surface area contributed by atoms with Gasteiger partial charge in [-0.1, -0.05) is 28.1 Å². The first kappa shape index (κ1) is 18.9. The third-order valence-electron chi connectivity index (χ3n) is 2.93. The van der Waals surface area contributed by atoms with Gasteiger partial charge in [0.1, 0.15) is 18.2 Å². The van der Waals surface area contributed by atoms with Gasteiger partial charge < -0.3 is 15.2 Å². The summed E-state index contributed by atoms with van der Waals surface area (Å²) in [6.07, 6.45) is 0. The number of aliphatic hydroxyl groups excluding tert-OH is 1. The standard InChI is InChI=1S/C16H17BrFNO2.ClH/c17-14-3-6-16(13(9-14)10-19-7-8-20)21-11-12-1-4-15(18)5-2-12;/h1-6,9,19-20H,7-8,10-11H2;1H. The Morgan fingerprint density at radius 2 is 1.86 bits per heavy atom. The molecule has 0 saturated carbocycles. The molecule has 120 valence electrons. The maximum Gasteiger partial charge on any atom is 0.124 e. The molecule has 0 atom stereocenters. The zero-order chi connectivity index (χ0) is 15.1. The normalized spacial score (nSPS) is 10.1. The lowest BCUT2D eigenvalue weighted by Crippen LogP contribution is -2.18. The van der Waals surface area contributed by atoms with Crippen LogP contribution in [0.3, 0.4) is 0 Å². The summed E-state index contributed by atoms with van der Waals surface area (Å²) in [4.78, 5) is 0. The fourth-order valence-corrected chi connectivity index (χ4v) is 2.28. The minimum atomic E-state index is -0.253. The highest BCUT2D eigenvalue weighted by Gasteiger charge is 2.05. The molecule has 2 N–H and O–H groups in total. The van der Waals surface area contributed by atoms with Gasteiger partial charge >= 0.3 is 0 Å². The summed E-state index contributed by atoms with van der Waals surface area (Å²) in [6, 6.07) is 12.0. The van der Waals surface area contributed by atoms with E-state index >= 15 is 0 Å². The van der Waals surface area contributed by atoms with Gasteiger partial charge in [-0.05, 0) is 35.9 Å². The van der Waals surface area contributed by atoms with Gasteiger partial charge in [-0.25, -0.2) is 4.39 Å². The molecule has 0 aliphatic heterocycles. The van der Waals surface area contributed by atoms with Crippen LogP contribution in [0.15, 0.2) is 46.9 Å². The second-order valence-corrected chi connectivity index (χ2v) is 5.48. The molecule has 6 heteroatoms. The molecule has 0 aliphatic rings. The quantitative estimate of drug-likeness (QED) is 0.709. The summed E-state index contributed by atoms with van der Waals surface area (Å²) in [5.41, 5.74) is 1.91. The van der Waals surface area contributed by atoms with Crippen molar-refractivity contribution in [3.63, 3.8) is 0 Å². The van der Waals surface area contributed by atoms with Crippen LogP contribution in [0.25, 0.3) is 0 Å². The van der Waals surface area contributed by atoms with Crippen molar-refractivity contribution in [3.05, 3.63) is 63.9 Å². The Morgan fingerprint density at radius 1 is 1.14 bits per heavy atom. The maximum atomic E-state index is 12.9. The molecule has 0 spiro atoms. The molecular weight excluding hydrogens is 373 g/mol. The Hall–Kier alpha value is -1.14. The number of rotatable bonds is 7. The first-order valence-corrected chi connectivity index (χ1v) is 7.45. The zero-order valence-electron chi connectivity index (χ0n) is 11.9. The molecule has 0 unspecified atom stereocenters. The summed E-state index contributed by atoms with van der Waals surface area (Å²) in [7, 11) is 0. The van der Waals surface area contributed by atoms with Crippen LogP contribution in [0, 0.1) is 5.82 Å². The van der Waals surface area contributed by atoms with Gasteiger partial charge in [-0.3, -0.25) is 0 Å². The molecule has 22 heavy (non-hydrogen) atoms. The maximum absolute atomic E-state index is 12.9. The number of halogens is 3. The zero-order valence-corrected chi connectivity index (χ0v) is 14.3. The molecule has 0 saturated heterocycles. The molecule has 0 heterocycles. The Morgan fingerprint density at radius 3 is 2.55 bits per heavy atom. The summed E-state index contributed by atoms with van der Waals surface area (Å²) >= 11 is 3.43. The van der Waals surface area contributed by atoms with Crippen molar-refractivity contribution in [1.82, 2.24) is 5.32 Å². The van der Waals surface area contributed by atoms with E-state index < -0.39 is 0 Å². The minimum absolute atomic E-state index is 0. The van der Waals surface area contributed by atoms with Gasteiger partial charge in [-0.2, -0.15) is 0 Å². The minimum Gasteiger partial charge on any atom is -0.489 e. The van der Waals surface area contributed by atoms with Gasteiger partial charge in [0, 0.05) is 23.1 Å². The van der Waals surface area contributed by atoms with Gasteiger partial charge in [0.25, 0.3) is 0 Å². The fraction of sp³-hybridized carbons (Fsp3) is 0.250. The first-order valence-electron chi connectivity index (χ1n) is 6.66. The number of aliphatic hydroxyl groups is 1. The molecule has 0 aromatic heterocycles. The lowest BCUT2D eigenvalue weighted by atomic mass is 10.2. The summed E-state index contributed by atoms with van der Waals surface area (Å²) in [6.45, 7) is 1.62. The van der Waals surface area contributed by atoms with Crippen LogP contribution in [0.5, 0.6) is 5.75 Å². The second-order valence-electron chi connectivity index (χ2n) is 4.57. The van der Waals surface area contributed by atoms with Crippen LogP contribution in [-0.2, 0) is 13.2 Å². The summed E-state index contributed by atoms with van der Waals surface area (Å²) < 4.78 is 19.6. The number of hydrogen-bond donors (Lipinski definition) is 2. The van der Waals surface area contributed by atoms with Crippen LogP contribution in [0.2, 0.25) is 0 Å². The average molecular weight is 391 g/mol. The van der Waals surface area contributed by atoms with Gasteiger partial charge in [0.2, 0.25) is 0 Å².